The highest BCUT2D eigenvalue weighted by Gasteiger charge is 2.21. The molecule has 0 spiro atoms. The van der Waals surface area contributed by atoms with Gasteiger partial charge in [-0.2, -0.15) is 0 Å². The molecule has 3 aromatic rings. The SMILES string of the molecule is COc1cc2nccc(Oc3ccc(NC(=O)N4CCCC4)c(Cl)c3F)c2cc1C(N)=O. The van der Waals surface area contributed by atoms with Crippen molar-refractivity contribution in [1.82, 2.24) is 9.88 Å². The van der Waals surface area contributed by atoms with E-state index in [1.54, 1.807) is 11.0 Å². The van der Waals surface area contributed by atoms with Crippen LogP contribution >= 0.6 is 11.6 Å². The highest BCUT2D eigenvalue weighted by molar-refractivity contribution is 6.34. The molecule has 0 aliphatic carbocycles. The van der Waals surface area contributed by atoms with E-state index >= 15 is 0 Å². The summed E-state index contributed by atoms with van der Waals surface area (Å²) in [6.07, 6.45) is 3.35. The summed E-state index contributed by atoms with van der Waals surface area (Å²) in [5, 5.41) is 2.79. The smallest absolute Gasteiger partial charge is 0.321 e. The lowest BCUT2D eigenvalue weighted by molar-refractivity contribution is 0.0997. The molecule has 0 radical (unpaired) electrons. The number of nitrogens with zero attached hydrogens (tertiary/aromatic N) is 2. The fourth-order valence-electron chi connectivity index (χ4n) is 3.54. The Morgan fingerprint density at radius 3 is 2.59 bits per heavy atom. The zero-order valence-electron chi connectivity index (χ0n) is 17.2. The van der Waals surface area contributed by atoms with Crippen LogP contribution in [-0.4, -0.2) is 42.0 Å². The first-order valence-corrected chi connectivity index (χ1v) is 10.2. The topological polar surface area (TPSA) is 107 Å². The normalized spacial score (nSPS) is 13.3. The zero-order valence-corrected chi connectivity index (χ0v) is 17.9. The molecule has 0 bridgehead atoms. The van der Waals surface area contributed by atoms with E-state index in [9.17, 15) is 14.0 Å². The molecule has 1 aliphatic rings. The van der Waals surface area contributed by atoms with Gasteiger partial charge in [0.1, 0.15) is 16.5 Å². The van der Waals surface area contributed by atoms with Crippen LogP contribution in [-0.2, 0) is 0 Å². The Balaban J connectivity index is 1.65. The van der Waals surface area contributed by atoms with E-state index in [1.165, 1.54) is 37.6 Å². The van der Waals surface area contributed by atoms with Crippen LogP contribution in [0.1, 0.15) is 23.2 Å². The third kappa shape index (κ3) is 4.11. The Labute approximate surface area is 188 Å². The van der Waals surface area contributed by atoms with Gasteiger partial charge in [0.15, 0.2) is 11.6 Å². The lowest BCUT2D eigenvalue weighted by Crippen LogP contribution is -2.32. The Hall–Kier alpha value is -3.59. The molecule has 2 aromatic carbocycles. The summed E-state index contributed by atoms with van der Waals surface area (Å²) in [4.78, 5) is 29.9. The number of hydrogen-bond donors (Lipinski definition) is 2. The van der Waals surface area contributed by atoms with E-state index < -0.39 is 11.7 Å². The number of rotatable bonds is 5. The quantitative estimate of drug-likeness (QED) is 0.583. The highest BCUT2D eigenvalue weighted by Crippen LogP contribution is 2.37. The number of primary amides is 1. The van der Waals surface area contributed by atoms with Gasteiger partial charge in [-0.1, -0.05) is 11.6 Å². The molecule has 8 nitrogen and oxygen atoms in total. The maximum Gasteiger partial charge on any atom is 0.321 e. The van der Waals surface area contributed by atoms with Crippen molar-refractivity contribution in [3.8, 4) is 17.2 Å². The number of halogens is 2. The number of carbonyl (C=O) groups is 2. The van der Waals surface area contributed by atoms with Crippen molar-refractivity contribution in [2.75, 3.05) is 25.5 Å². The van der Waals surface area contributed by atoms with E-state index in [1.807, 2.05) is 0 Å². The number of urea groups is 1. The van der Waals surface area contributed by atoms with Gasteiger partial charge in [-0.05, 0) is 37.1 Å². The van der Waals surface area contributed by atoms with E-state index in [0.29, 0.717) is 24.0 Å². The Morgan fingerprint density at radius 1 is 1.16 bits per heavy atom. The predicted octanol–water partition coefficient (Wildman–Crippen LogP) is 4.55. The third-order valence-electron chi connectivity index (χ3n) is 5.19. The van der Waals surface area contributed by atoms with Gasteiger partial charge in [-0.15, -0.1) is 0 Å². The van der Waals surface area contributed by atoms with Crippen LogP contribution in [0, 0.1) is 5.82 Å². The average Bonchev–Trinajstić information content (AvgIpc) is 3.33. The number of likely N-dealkylation sites (tertiary alicyclic amines) is 1. The fourth-order valence-corrected chi connectivity index (χ4v) is 3.74. The van der Waals surface area contributed by atoms with E-state index in [4.69, 9.17) is 26.8 Å². The summed E-state index contributed by atoms with van der Waals surface area (Å²) in [6.45, 7) is 1.31. The molecule has 10 heteroatoms. The van der Waals surface area contributed by atoms with Crippen LogP contribution in [0.3, 0.4) is 0 Å². The van der Waals surface area contributed by atoms with Gasteiger partial charge in [0, 0.05) is 30.7 Å². The molecule has 1 fully saturated rings. The minimum atomic E-state index is -0.834. The summed E-state index contributed by atoms with van der Waals surface area (Å²) >= 11 is 6.16. The largest absolute Gasteiger partial charge is 0.496 e. The first-order chi connectivity index (χ1) is 15.4. The molecule has 2 heterocycles. The highest BCUT2D eigenvalue weighted by atomic mass is 35.5. The number of aromatic nitrogens is 1. The first-order valence-electron chi connectivity index (χ1n) is 9.87. The average molecular weight is 459 g/mol. The van der Waals surface area contributed by atoms with Crippen molar-refractivity contribution in [2.45, 2.75) is 12.8 Å². The van der Waals surface area contributed by atoms with Crippen LogP contribution < -0.4 is 20.5 Å². The molecule has 1 aliphatic heterocycles. The van der Waals surface area contributed by atoms with Crippen molar-refractivity contribution in [3.05, 3.63) is 52.9 Å². The van der Waals surface area contributed by atoms with Gasteiger partial charge in [0.25, 0.3) is 5.91 Å². The summed E-state index contributed by atoms with van der Waals surface area (Å²) in [7, 11) is 1.41. The Bertz CT molecular complexity index is 1210. The maximum atomic E-state index is 15.0. The second-order valence-electron chi connectivity index (χ2n) is 7.21. The molecular formula is C22H20ClFN4O4. The number of carbonyl (C=O) groups excluding carboxylic acids is 2. The van der Waals surface area contributed by atoms with E-state index in [-0.39, 0.29) is 39.6 Å². The monoisotopic (exact) mass is 458 g/mol. The number of methoxy groups -OCH3 is 1. The maximum absolute atomic E-state index is 15.0. The molecule has 0 unspecified atom stereocenters. The molecule has 1 saturated heterocycles. The van der Waals surface area contributed by atoms with Crippen LogP contribution in [0.15, 0.2) is 36.5 Å². The second kappa shape index (κ2) is 8.88. The van der Waals surface area contributed by atoms with Crippen molar-refractivity contribution in [1.29, 1.82) is 0 Å². The number of nitrogens with two attached hydrogens (primary N) is 1. The van der Waals surface area contributed by atoms with Gasteiger partial charge >= 0.3 is 6.03 Å². The minimum Gasteiger partial charge on any atom is -0.496 e. The zero-order chi connectivity index (χ0) is 22.8. The molecule has 3 N–H and O–H groups in total. The first kappa shape index (κ1) is 21.6. The Morgan fingerprint density at radius 2 is 1.91 bits per heavy atom. The van der Waals surface area contributed by atoms with Crippen LogP contribution in [0.2, 0.25) is 5.02 Å². The number of ether oxygens (including phenoxy) is 2. The third-order valence-corrected chi connectivity index (χ3v) is 5.56. The number of fused-ring (bicyclic) bond motifs is 1. The molecule has 0 atom stereocenters. The summed E-state index contributed by atoms with van der Waals surface area (Å²) in [5.74, 6) is -1.17. The van der Waals surface area contributed by atoms with Crippen molar-refractivity contribution in [3.63, 3.8) is 0 Å². The summed E-state index contributed by atoms with van der Waals surface area (Å²) in [6, 6.07) is 7.05. The second-order valence-corrected chi connectivity index (χ2v) is 7.59. The van der Waals surface area contributed by atoms with Crippen LogP contribution in [0.4, 0.5) is 14.9 Å². The van der Waals surface area contributed by atoms with Gasteiger partial charge in [-0.25, -0.2) is 9.18 Å². The lowest BCUT2D eigenvalue weighted by Gasteiger charge is -2.18. The van der Waals surface area contributed by atoms with E-state index in [0.717, 1.165) is 12.8 Å². The Kier molecular flexibility index (Phi) is 6.00. The van der Waals surface area contributed by atoms with Crippen LogP contribution in [0.25, 0.3) is 10.9 Å². The summed E-state index contributed by atoms with van der Waals surface area (Å²) in [5.41, 5.74) is 6.18. The number of nitrogens with one attached hydrogen (secondary N) is 1. The molecule has 3 amide bonds. The van der Waals surface area contributed by atoms with Crippen molar-refractivity contribution in [2.24, 2.45) is 5.73 Å². The number of anilines is 1. The molecule has 4 rings (SSSR count). The molecule has 32 heavy (non-hydrogen) atoms. The number of amides is 3. The van der Waals surface area contributed by atoms with Gasteiger partial charge in [0.2, 0.25) is 0 Å². The number of benzene rings is 2. The molecule has 166 valence electrons. The number of hydrogen-bond acceptors (Lipinski definition) is 5. The predicted molar refractivity (Wildman–Crippen MR) is 118 cm³/mol. The van der Waals surface area contributed by atoms with Crippen molar-refractivity contribution >= 4 is 40.1 Å². The van der Waals surface area contributed by atoms with E-state index in [2.05, 4.69) is 10.3 Å². The fraction of sp³-hybridized carbons (Fsp3) is 0.227. The minimum absolute atomic E-state index is 0.135. The van der Waals surface area contributed by atoms with Crippen molar-refractivity contribution < 1.29 is 23.5 Å². The van der Waals surface area contributed by atoms with Crippen LogP contribution in [0.5, 0.6) is 17.2 Å². The molecule has 0 saturated carbocycles. The molecule has 1 aromatic heterocycles. The number of pyridine rings is 1. The standard InChI is InChI=1S/C22H20ClFN4O4/c1-31-18-11-15-12(10-13(18)21(25)29)16(6-7-26-15)32-17-5-4-14(19(23)20(17)24)27-22(30)28-8-2-3-9-28/h4-7,10-11H,2-3,8-9H2,1H3,(H2,25,29)(H,27,30). The van der Waals surface area contributed by atoms with Gasteiger partial charge in [0.05, 0.1) is 23.9 Å². The van der Waals surface area contributed by atoms with Gasteiger partial charge < -0.3 is 25.4 Å². The van der Waals surface area contributed by atoms with Gasteiger partial charge in [-0.3, -0.25) is 9.78 Å². The lowest BCUT2D eigenvalue weighted by atomic mass is 10.1. The molecular weight excluding hydrogens is 439 g/mol. The summed E-state index contributed by atoms with van der Waals surface area (Å²) < 4.78 is 25.9.